The largest absolute Gasteiger partial charge is 0.238 e. The topological polar surface area (TPSA) is 13.0 Å². The minimum atomic E-state index is 0.875. The summed E-state index contributed by atoms with van der Waals surface area (Å²) in [4.78, 5) is 0. The molecule has 6 atom stereocenters. The first-order chi connectivity index (χ1) is 18.9. The van der Waals surface area contributed by atoms with Crippen LogP contribution in [0.1, 0.15) is 141 Å². The van der Waals surface area contributed by atoms with Gasteiger partial charge in [-0.25, -0.2) is 20.0 Å². The van der Waals surface area contributed by atoms with Crippen molar-refractivity contribution in [2.75, 3.05) is 13.1 Å². The van der Waals surface area contributed by atoms with Crippen LogP contribution >= 0.6 is 0 Å². The first kappa shape index (κ1) is 25.5. The van der Waals surface area contributed by atoms with E-state index in [1.54, 1.807) is 0 Å². The van der Waals surface area contributed by atoms with E-state index in [4.69, 9.17) is 0 Å². The third-order valence-corrected chi connectivity index (χ3v) is 13.8. The van der Waals surface area contributed by atoms with Gasteiger partial charge in [-0.05, 0) is 126 Å². The van der Waals surface area contributed by atoms with Crippen LogP contribution in [0.5, 0.6) is 0 Å². The Morgan fingerprint density at radius 2 is 0.684 bits per heavy atom. The van der Waals surface area contributed by atoms with Crippen LogP contribution in [0, 0.1) is 23.7 Å². The number of piperidine rings is 2. The van der Waals surface area contributed by atoms with Crippen molar-refractivity contribution >= 4 is 0 Å². The van der Waals surface area contributed by atoms with Gasteiger partial charge in [0.1, 0.15) is 0 Å². The molecule has 0 N–H and O–H groups in total. The zero-order valence-corrected chi connectivity index (χ0v) is 24.5. The minimum Gasteiger partial charge on any atom is -0.238 e. The fourth-order valence-corrected chi connectivity index (χ4v) is 12.2. The lowest BCUT2D eigenvalue weighted by atomic mass is 9.71. The van der Waals surface area contributed by atoms with Gasteiger partial charge in [0.25, 0.3) is 0 Å². The molecule has 8 fully saturated rings. The van der Waals surface area contributed by atoms with Crippen molar-refractivity contribution in [3.63, 3.8) is 0 Å². The van der Waals surface area contributed by atoms with Gasteiger partial charge >= 0.3 is 0 Å². The van der Waals surface area contributed by atoms with Crippen LogP contribution in [-0.4, -0.2) is 69.4 Å². The molecule has 0 radical (unpaired) electrons. The van der Waals surface area contributed by atoms with Crippen molar-refractivity contribution in [3.05, 3.63) is 0 Å². The molecule has 0 aromatic heterocycles. The smallest absolute Gasteiger partial charge is 0.0292 e. The van der Waals surface area contributed by atoms with E-state index in [9.17, 15) is 0 Å². The van der Waals surface area contributed by atoms with Gasteiger partial charge in [-0.2, -0.15) is 0 Å². The monoisotopic (exact) mass is 522 g/mol. The number of fused-ring (bicyclic) bond motifs is 6. The Balaban J connectivity index is 0.881. The quantitative estimate of drug-likeness (QED) is 0.383. The average molecular weight is 523 g/mol. The third kappa shape index (κ3) is 4.36. The normalized spacial score (nSPS) is 49.3. The van der Waals surface area contributed by atoms with Crippen molar-refractivity contribution in [2.24, 2.45) is 23.7 Å². The molecule has 214 valence electrons. The molecule has 0 bridgehead atoms. The number of rotatable bonds is 3. The molecule has 4 heteroatoms. The highest BCUT2D eigenvalue weighted by molar-refractivity contribution is 5.03. The predicted molar refractivity (Wildman–Crippen MR) is 155 cm³/mol. The molecule has 8 aliphatic rings. The standard InChI is InChI=1S/C34H58N4/c1-3-13-33-29(9-1)31-11-5-7-23-35(31)37(33)27-19-15-25(16-20-27)26-17-21-28(22-18-26)38-34-14-4-2-10-30(34)32-12-6-8-24-36(32)38/h25-34H,1-24H2. The van der Waals surface area contributed by atoms with Crippen molar-refractivity contribution in [1.29, 1.82) is 0 Å². The first-order valence-corrected chi connectivity index (χ1v) is 18.0. The maximum Gasteiger partial charge on any atom is 0.0292 e. The molecular weight excluding hydrogens is 464 g/mol. The van der Waals surface area contributed by atoms with E-state index in [1.165, 1.54) is 154 Å². The van der Waals surface area contributed by atoms with E-state index in [-0.39, 0.29) is 0 Å². The summed E-state index contributed by atoms with van der Waals surface area (Å²) >= 11 is 0. The van der Waals surface area contributed by atoms with E-state index in [2.05, 4.69) is 20.0 Å². The van der Waals surface area contributed by atoms with Gasteiger partial charge < -0.3 is 0 Å². The molecule has 4 saturated carbocycles. The molecule has 0 aromatic carbocycles. The molecule has 0 amide bonds. The Kier molecular flexibility index (Phi) is 7.34. The number of nitrogens with zero attached hydrogens (tertiary/aromatic N) is 4. The van der Waals surface area contributed by atoms with Crippen LogP contribution in [0.4, 0.5) is 0 Å². The van der Waals surface area contributed by atoms with Gasteiger partial charge in [0.05, 0.1) is 0 Å². The molecule has 4 aliphatic heterocycles. The fourth-order valence-electron chi connectivity index (χ4n) is 12.2. The summed E-state index contributed by atoms with van der Waals surface area (Å²) in [7, 11) is 0. The van der Waals surface area contributed by atoms with E-state index in [0.717, 1.165) is 59.9 Å². The molecule has 4 saturated heterocycles. The summed E-state index contributed by atoms with van der Waals surface area (Å²) in [6.07, 6.45) is 33.1. The van der Waals surface area contributed by atoms with E-state index >= 15 is 0 Å². The first-order valence-electron chi connectivity index (χ1n) is 18.0. The predicted octanol–water partition coefficient (Wildman–Crippen LogP) is 7.39. The number of hydrogen-bond acceptors (Lipinski definition) is 4. The van der Waals surface area contributed by atoms with Gasteiger partial charge in [-0.15, -0.1) is 0 Å². The maximum absolute atomic E-state index is 3.06. The van der Waals surface area contributed by atoms with Gasteiger partial charge in [0.2, 0.25) is 0 Å². The van der Waals surface area contributed by atoms with Crippen LogP contribution < -0.4 is 0 Å². The number of hydrogen-bond donors (Lipinski definition) is 0. The van der Waals surface area contributed by atoms with Gasteiger partial charge in [-0.3, -0.25) is 0 Å². The van der Waals surface area contributed by atoms with Crippen LogP contribution in [0.15, 0.2) is 0 Å². The summed E-state index contributed by atoms with van der Waals surface area (Å²) in [5, 5.41) is 12.0. The summed E-state index contributed by atoms with van der Waals surface area (Å²) in [6, 6.07) is 5.39. The maximum atomic E-state index is 3.06. The lowest BCUT2D eigenvalue weighted by molar-refractivity contribution is -0.0975. The summed E-state index contributed by atoms with van der Waals surface area (Å²) in [5.74, 6) is 4.09. The third-order valence-electron chi connectivity index (χ3n) is 13.8. The second-order valence-corrected chi connectivity index (χ2v) is 15.4. The van der Waals surface area contributed by atoms with Gasteiger partial charge in [0.15, 0.2) is 0 Å². The van der Waals surface area contributed by atoms with E-state index in [0.29, 0.717) is 0 Å². The SMILES string of the molecule is C1CCC2C(C1)C1CCCCN1N2C1CCC(C2CCC(N3C4CCCCC4C4CCCCN43)CC2)CC1. The molecule has 8 rings (SSSR count). The van der Waals surface area contributed by atoms with Crippen molar-refractivity contribution in [3.8, 4) is 0 Å². The van der Waals surface area contributed by atoms with Crippen LogP contribution in [0.2, 0.25) is 0 Å². The lowest BCUT2D eigenvalue weighted by Crippen LogP contribution is -2.53. The van der Waals surface area contributed by atoms with Crippen molar-refractivity contribution < 1.29 is 0 Å². The highest BCUT2D eigenvalue weighted by atomic mass is 15.7. The van der Waals surface area contributed by atoms with Crippen molar-refractivity contribution in [2.45, 2.75) is 178 Å². The zero-order chi connectivity index (χ0) is 25.1. The van der Waals surface area contributed by atoms with E-state index < -0.39 is 0 Å². The van der Waals surface area contributed by atoms with Gasteiger partial charge in [-0.1, -0.05) is 38.5 Å². The molecule has 4 nitrogen and oxygen atoms in total. The lowest BCUT2D eigenvalue weighted by Gasteiger charge is -2.47. The molecule has 0 spiro atoms. The highest BCUT2D eigenvalue weighted by Crippen LogP contribution is 2.50. The van der Waals surface area contributed by atoms with Crippen LogP contribution in [0.25, 0.3) is 0 Å². The average Bonchev–Trinajstić information content (AvgIpc) is 3.51. The molecular formula is C34H58N4. The van der Waals surface area contributed by atoms with E-state index in [1.807, 2.05) is 0 Å². The zero-order valence-electron chi connectivity index (χ0n) is 24.5. The Morgan fingerprint density at radius 1 is 0.316 bits per heavy atom. The minimum absolute atomic E-state index is 0.875. The molecule has 38 heavy (non-hydrogen) atoms. The number of hydrazine groups is 2. The van der Waals surface area contributed by atoms with Crippen LogP contribution in [0.3, 0.4) is 0 Å². The molecule has 6 unspecified atom stereocenters. The fraction of sp³-hybridized carbons (Fsp3) is 1.00. The molecule has 4 heterocycles. The highest BCUT2D eigenvalue weighted by Gasteiger charge is 2.53. The Bertz CT molecular complexity index is 690. The Hall–Kier alpha value is -0.160. The summed E-state index contributed by atoms with van der Waals surface area (Å²) < 4.78 is 0. The summed E-state index contributed by atoms with van der Waals surface area (Å²) in [6.45, 7) is 2.75. The molecule has 4 aliphatic carbocycles. The Labute approximate surface area is 234 Å². The van der Waals surface area contributed by atoms with Crippen LogP contribution in [-0.2, 0) is 0 Å². The molecule has 0 aromatic rings. The Morgan fingerprint density at radius 3 is 1.13 bits per heavy atom. The summed E-state index contributed by atoms with van der Waals surface area (Å²) in [5.41, 5.74) is 0. The second-order valence-electron chi connectivity index (χ2n) is 15.4. The van der Waals surface area contributed by atoms with Gasteiger partial charge in [0, 0.05) is 49.3 Å². The second kappa shape index (κ2) is 10.9. The van der Waals surface area contributed by atoms with Crippen molar-refractivity contribution in [1.82, 2.24) is 20.0 Å².